The van der Waals surface area contributed by atoms with Crippen LogP contribution < -0.4 is 5.32 Å². The van der Waals surface area contributed by atoms with Gasteiger partial charge in [0.2, 0.25) is 0 Å². The summed E-state index contributed by atoms with van der Waals surface area (Å²) in [5.41, 5.74) is 1.54. The van der Waals surface area contributed by atoms with Crippen LogP contribution >= 0.6 is 0 Å². The smallest absolute Gasteiger partial charge is 0.0951 e. The summed E-state index contributed by atoms with van der Waals surface area (Å²) in [6.45, 7) is 7.78. The van der Waals surface area contributed by atoms with Crippen molar-refractivity contribution in [3.05, 3.63) is 24.2 Å². The summed E-state index contributed by atoms with van der Waals surface area (Å²) in [6.07, 6.45) is 8.20. The van der Waals surface area contributed by atoms with Crippen LogP contribution in [0.2, 0.25) is 0 Å². The zero-order chi connectivity index (χ0) is 13.9. The summed E-state index contributed by atoms with van der Waals surface area (Å²) in [6, 6.07) is 2.27. The maximum atomic E-state index is 6.01. The fraction of sp³-hybridized carbons (Fsp3) is 0.750. The van der Waals surface area contributed by atoms with E-state index in [9.17, 15) is 0 Å². The van der Waals surface area contributed by atoms with Crippen LogP contribution in [0.5, 0.6) is 0 Å². The average molecular weight is 265 g/mol. The van der Waals surface area contributed by atoms with Gasteiger partial charge in [-0.15, -0.1) is 0 Å². The maximum Gasteiger partial charge on any atom is 0.0951 e. The SMILES string of the molecule is CCNC(c1ccoc1)C1(OC)CCC(C)(C)CC1. The summed E-state index contributed by atoms with van der Waals surface area (Å²) in [5.74, 6) is 0. The topological polar surface area (TPSA) is 34.4 Å². The van der Waals surface area contributed by atoms with Gasteiger partial charge < -0.3 is 14.5 Å². The molecule has 1 heterocycles. The van der Waals surface area contributed by atoms with Gasteiger partial charge in [0, 0.05) is 12.7 Å². The van der Waals surface area contributed by atoms with Crippen LogP contribution in [0.25, 0.3) is 0 Å². The first-order valence-electron chi connectivity index (χ1n) is 7.34. The Balaban J connectivity index is 2.23. The van der Waals surface area contributed by atoms with Crippen molar-refractivity contribution >= 4 is 0 Å². The minimum absolute atomic E-state index is 0.102. The highest BCUT2D eigenvalue weighted by molar-refractivity contribution is 5.18. The van der Waals surface area contributed by atoms with E-state index in [1.54, 1.807) is 6.26 Å². The third-order valence-corrected chi connectivity index (χ3v) is 4.67. The lowest BCUT2D eigenvalue weighted by Gasteiger charge is -2.47. The first kappa shape index (κ1) is 14.6. The monoisotopic (exact) mass is 265 g/mol. The molecule has 1 aromatic heterocycles. The second-order valence-electron chi connectivity index (χ2n) is 6.48. The molecule has 2 rings (SSSR count). The zero-order valence-electron chi connectivity index (χ0n) is 12.7. The molecule has 1 aromatic rings. The van der Waals surface area contributed by atoms with Gasteiger partial charge in [0.15, 0.2) is 0 Å². The third kappa shape index (κ3) is 3.03. The summed E-state index contributed by atoms with van der Waals surface area (Å²) in [4.78, 5) is 0. The number of methoxy groups -OCH3 is 1. The van der Waals surface area contributed by atoms with Crippen LogP contribution in [-0.4, -0.2) is 19.3 Å². The van der Waals surface area contributed by atoms with Crippen molar-refractivity contribution in [2.75, 3.05) is 13.7 Å². The number of ether oxygens (including phenoxy) is 1. The molecule has 0 aliphatic heterocycles. The zero-order valence-corrected chi connectivity index (χ0v) is 12.7. The van der Waals surface area contributed by atoms with Gasteiger partial charge in [0.1, 0.15) is 0 Å². The third-order valence-electron chi connectivity index (χ3n) is 4.67. The van der Waals surface area contributed by atoms with Crippen molar-refractivity contribution in [1.29, 1.82) is 0 Å². The highest BCUT2D eigenvalue weighted by Gasteiger charge is 2.44. The number of rotatable bonds is 5. The molecule has 1 atom stereocenters. The molecule has 0 amide bonds. The first-order valence-corrected chi connectivity index (χ1v) is 7.34. The molecule has 1 unspecified atom stereocenters. The molecule has 108 valence electrons. The van der Waals surface area contributed by atoms with Gasteiger partial charge in [-0.2, -0.15) is 0 Å². The average Bonchev–Trinajstić information content (AvgIpc) is 2.91. The van der Waals surface area contributed by atoms with E-state index >= 15 is 0 Å². The number of hydrogen-bond acceptors (Lipinski definition) is 3. The van der Waals surface area contributed by atoms with Crippen molar-refractivity contribution in [2.24, 2.45) is 5.41 Å². The molecule has 1 N–H and O–H groups in total. The maximum absolute atomic E-state index is 6.01. The Morgan fingerprint density at radius 2 is 2.00 bits per heavy atom. The Hall–Kier alpha value is -0.800. The predicted octanol–water partition coefficient (Wildman–Crippen LogP) is 3.92. The molecule has 19 heavy (non-hydrogen) atoms. The van der Waals surface area contributed by atoms with Gasteiger partial charge >= 0.3 is 0 Å². The Labute approximate surface area is 116 Å². The second-order valence-corrected chi connectivity index (χ2v) is 6.48. The molecule has 1 aliphatic carbocycles. The van der Waals surface area contributed by atoms with Crippen LogP contribution in [0.1, 0.15) is 58.1 Å². The molecule has 0 saturated heterocycles. The first-order chi connectivity index (χ1) is 9.03. The lowest BCUT2D eigenvalue weighted by Crippen LogP contribution is -2.49. The molecule has 1 aliphatic rings. The van der Waals surface area contributed by atoms with E-state index in [4.69, 9.17) is 9.15 Å². The fourth-order valence-corrected chi connectivity index (χ4v) is 3.21. The van der Waals surface area contributed by atoms with E-state index in [0.29, 0.717) is 5.41 Å². The van der Waals surface area contributed by atoms with Crippen molar-refractivity contribution < 1.29 is 9.15 Å². The van der Waals surface area contributed by atoms with Gasteiger partial charge in [0.05, 0.1) is 24.2 Å². The molecule has 1 fully saturated rings. The molecule has 0 spiro atoms. The minimum Gasteiger partial charge on any atom is -0.472 e. The summed E-state index contributed by atoms with van der Waals surface area (Å²) in [5, 5.41) is 3.59. The Morgan fingerprint density at radius 1 is 1.32 bits per heavy atom. The summed E-state index contributed by atoms with van der Waals surface area (Å²) < 4.78 is 11.3. The van der Waals surface area contributed by atoms with E-state index in [0.717, 1.165) is 19.4 Å². The van der Waals surface area contributed by atoms with E-state index < -0.39 is 0 Å². The van der Waals surface area contributed by atoms with E-state index in [-0.39, 0.29) is 11.6 Å². The molecule has 3 nitrogen and oxygen atoms in total. The lowest BCUT2D eigenvalue weighted by molar-refractivity contribution is -0.0874. The molecule has 0 bridgehead atoms. The number of likely N-dealkylation sites (N-methyl/N-ethyl adjacent to an activating group) is 1. The largest absolute Gasteiger partial charge is 0.472 e. The quantitative estimate of drug-likeness (QED) is 0.876. The highest BCUT2D eigenvalue weighted by atomic mass is 16.5. The van der Waals surface area contributed by atoms with Crippen molar-refractivity contribution in [3.8, 4) is 0 Å². The normalized spacial score (nSPS) is 23.2. The number of nitrogens with one attached hydrogen (secondary N) is 1. The second kappa shape index (κ2) is 5.68. The van der Waals surface area contributed by atoms with Gasteiger partial charge in [-0.3, -0.25) is 0 Å². The van der Waals surface area contributed by atoms with E-state index in [2.05, 4.69) is 26.1 Å². The molecule has 1 saturated carbocycles. The van der Waals surface area contributed by atoms with Crippen LogP contribution in [0.4, 0.5) is 0 Å². The van der Waals surface area contributed by atoms with Crippen molar-refractivity contribution in [3.63, 3.8) is 0 Å². The molecule has 3 heteroatoms. The highest BCUT2D eigenvalue weighted by Crippen LogP contribution is 2.47. The van der Waals surface area contributed by atoms with Gasteiger partial charge in [-0.25, -0.2) is 0 Å². The predicted molar refractivity (Wildman–Crippen MR) is 77.1 cm³/mol. The van der Waals surface area contributed by atoms with Crippen LogP contribution in [-0.2, 0) is 4.74 Å². The van der Waals surface area contributed by atoms with Gasteiger partial charge in [0.25, 0.3) is 0 Å². The minimum atomic E-state index is -0.102. The molecular weight excluding hydrogens is 238 g/mol. The number of furan rings is 1. The lowest BCUT2D eigenvalue weighted by atomic mass is 9.67. The Kier molecular flexibility index (Phi) is 4.36. The van der Waals surface area contributed by atoms with Crippen molar-refractivity contribution in [1.82, 2.24) is 5.32 Å². The standard InChI is InChI=1S/C16H27NO2/c1-5-17-14(13-6-11-19-12-13)16(18-4)9-7-15(2,3)8-10-16/h6,11-12,14,17H,5,7-10H2,1-4H3. The van der Waals surface area contributed by atoms with Crippen LogP contribution in [0, 0.1) is 5.41 Å². The Morgan fingerprint density at radius 3 is 2.47 bits per heavy atom. The van der Waals surface area contributed by atoms with Crippen molar-refractivity contribution in [2.45, 2.75) is 58.1 Å². The molecule has 0 aromatic carbocycles. The fourth-order valence-electron chi connectivity index (χ4n) is 3.21. The Bertz CT molecular complexity index is 373. The number of hydrogen-bond donors (Lipinski definition) is 1. The van der Waals surface area contributed by atoms with Gasteiger partial charge in [-0.05, 0) is 43.7 Å². The van der Waals surface area contributed by atoms with E-state index in [1.165, 1.54) is 18.4 Å². The van der Waals surface area contributed by atoms with Crippen LogP contribution in [0.15, 0.2) is 23.0 Å². The molecule has 0 radical (unpaired) electrons. The van der Waals surface area contributed by atoms with E-state index in [1.807, 2.05) is 19.4 Å². The van der Waals surface area contributed by atoms with Crippen LogP contribution in [0.3, 0.4) is 0 Å². The van der Waals surface area contributed by atoms with Gasteiger partial charge in [-0.1, -0.05) is 20.8 Å². The molecular formula is C16H27NO2. The summed E-state index contributed by atoms with van der Waals surface area (Å²) >= 11 is 0. The summed E-state index contributed by atoms with van der Waals surface area (Å²) in [7, 11) is 1.85.